The third kappa shape index (κ3) is 36.4. The Morgan fingerprint density at radius 3 is 1.24 bits per heavy atom. The van der Waals surface area contributed by atoms with E-state index < -0.39 is 18.2 Å². The summed E-state index contributed by atoms with van der Waals surface area (Å²) in [5.74, 6) is -0.318. The molecule has 0 bridgehead atoms. The molecule has 0 saturated carbocycles. The average molecular weight is 692 g/mol. The van der Waals surface area contributed by atoms with Gasteiger partial charge in [0.15, 0.2) is 0 Å². The number of allylic oxidation sites excluding steroid dienone is 3. The standard InChI is InChI=1S/C44H85NO4/c1-3-5-7-9-11-13-15-16-17-18-19-20-21-22-23-24-25-26-27-28-29-31-33-35-37-41(47)39-44(49)45-42(40-46)43(48)38-36-34-32-30-14-12-10-8-6-4-2/h22-23,36,38,41-43,46-48H,3-21,24-35,37,39-40H2,1-2H3,(H,45,49)/b23-22-,38-36+. The molecule has 0 aromatic rings. The molecule has 0 aromatic heterocycles. The van der Waals surface area contributed by atoms with Crippen LogP contribution in [0.2, 0.25) is 0 Å². The fraction of sp³-hybridized carbons (Fsp3) is 0.886. The number of rotatable bonds is 39. The summed E-state index contributed by atoms with van der Waals surface area (Å²) in [6, 6.07) is -0.741. The van der Waals surface area contributed by atoms with E-state index in [0.29, 0.717) is 6.42 Å². The van der Waals surface area contributed by atoms with Crippen LogP contribution in [0.15, 0.2) is 24.3 Å². The van der Waals surface area contributed by atoms with E-state index in [1.54, 1.807) is 6.08 Å². The maximum atomic E-state index is 12.4. The summed E-state index contributed by atoms with van der Waals surface area (Å²) in [6.07, 6.45) is 47.6. The van der Waals surface area contributed by atoms with Crippen molar-refractivity contribution in [1.82, 2.24) is 5.32 Å². The maximum Gasteiger partial charge on any atom is 0.222 e. The summed E-state index contributed by atoms with van der Waals surface area (Å²) in [5, 5.41) is 33.1. The number of aliphatic hydroxyl groups excluding tert-OH is 3. The Balaban J connectivity index is 3.59. The minimum absolute atomic E-state index is 0.0129. The molecular formula is C44H85NO4. The van der Waals surface area contributed by atoms with Crippen LogP contribution >= 0.6 is 0 Å². The van der Waals surface area contributed by atoms with Crippen molar-refractivity contribution < 1.29 is 20.1 Å². The van der Waals surface area contributed by atoms with Gasteiger partial charge in [-0.1, -0.05) is 199 Å². The highest BCUT2D eigenvalue weighted by atomic mass is 16.3. The van der Waals surface area contributed by atoms with Crippen molar-refractivity contribution in [2.24, 2.45) is 0 Å². The first-order chi connectivity index (χ1) is 24.0. The molecule has 0 fully saturated rings. The highest BCUT2D eigenvalue weighted by Crippen LogP contribution is 2.15. The Labute approximate surface area is 305 Å². The predicted molar refractivity (Wildman–Crippen MR) is 213 cm³/mol. The lowest BCUT2D eigenvalue weighted by Crippen LogP contribution is -2.45. The van der Waals surface area contributed by atoms with Crippen LogP contribution in [0.3, 0.4) is 0 Å². The number of unbranched alkanes of at least 4 members (excludes halogenated alkanes) is 28. The first kappa shape index (κ1) is 47.8. The molecule has 0 radical (unpaired) electrons. The van der Waals surface area contributed by atoms with Gasteiger partial charge < -0.3 is 20.6 Å². The van der Waals surface area contributed by atoms with Gasteiger partial charge in [-0.3, -0.25) is 4.79 Å². The first-order valence-corrected chi connectivity index (χ1v) is 21.6. The number of amides is 1. The summed E-state index contributed by atoms with van der Waals surface area (Å²) in [4.78, 5) is 12.4. The van der Waals surface area contributed by atoms with Crippen molar-refractivity contribution in [2.75, 3.05) is 6.61 Å². The van der Waals surface area contributed by atoms with Crippen molar-refractivity contribution >= 4 is 5.91 Å². The van der Waals surface area contributed by atoms with Gasteiger partial charge in [0.1, 0.15) is 0 Å². The minimum atomic E-state index is -0.925. The second-order valence-electron chi connectivity index (χ2n) is 15.0. The van der Waals surface area contributed by atoms with Gasteiger partial charge in [-0.2, -0.15) is 0 Å². The molecule has 5 heteroatoms. The third-order valence-electron chi connectivity index (χ3n) is 9.98. The van der Waals surface area contributed by atoms with E-state index in [9.17, 15) is 20.1 Å². The van der Waals surface area contributed by atoms with Crippen LogP contribution in [-0.4, -0.2) is 46.1 Å². The predicted octanol–water partition coefficient (Wildman–Crippen LogP) is 12.2. The van der Waals surface area contributed by atoms with Crippen LogP contribution in [0.1, 0.15) is 226 Å². The van der Waals surface area contributed by atoms with E-state index >= 15 is 0 Å². The molecule has 290 valence electrons. The van der Waals surface area contributed by atoms with Gasteiger partial charge in [0, 0.05) is 0 Å². The van der Waals surface area contributed by atoms with E-state index in [-0.39, 0.29) is 18.9 Å². The first-order valence-electron chi connectivity index (χ1n) is 21.6. The summed E-state index contributed by atoms with van der Waals surface area (Å²) >= 11 is 0. The molecule has 3 atom stereocenters. The van der Waals surface area contributed by atoms with Crippen molar-refractivity contribution in [2.45, 2.75) is 244 Å². The number of hydrogen-bond donors (Lipinski definition) is 4. The van der Waals surface area contributed by atoms with Crippen LogP contribution < -0.4 is 5.32 Å². The van der Waals surface area contributed by atoms with Crippen LogP contribution in [0.4, 0.5) is 0 Å². The van der Waals surface area contributed by atoms with Gasteiger partial charge in [-0.25, -0.2) is 0 Å². The number of carbonyl (C=O) groups excluding carboxylic acids is 1. The zero-order valence-electron chi connectivity index (χ0n) is 32.8. The minimum Gasteiger partial charge on any atom is -0.394 e. The molecule has 3 unspecified atom stereocenters. The smallest absolute Gasteiger partial charge is 0.222 e. The van der Waals surface area contributed by atoms with Crippen LogP contribution in [0.25, 0.3) is 0 Å². The Kier molecular flexibility index (Phi) is 38.7. The van der Waals surface area contributed by atoms with Gasteiger partial charge in [0.2, 0.25) is 5.91 Å². The number of hydrogen-bond acceptors (Lipinski definition) is 4. The average Bonchev–Trinajstić information content (AvgIpc) is 3.09. The van der Waals surface area contributed by atoms with E-state index in [0.717, 1.165) is 25.7 Å². The van der Waals surface area contributed by atoms with Crippen molar-refractivity contribution in [1.29, 1.82) is 0 Å². The molecule has 0 saturated heterocycles. The Morgan fingerprint density at radius 1 is 0.510 bits per heavy atom. The van der Waals surface area contributed by atoms with Gasteiger partial charge in [0.25, 0.3) is 0 Å². The molecule has 0 aliphatic carbocycles. The molecule has 0 spiro atoms. The SMILES string of the molecule is CCCCCCCCCC/C=C/C(O)C(CO)NC(=O)CC(O)CCCCCCCCCC/C=C\CCCCCCCCCCCCCC. The molecule has 0 heterocycles. The second kappa shape index (κ2) is 39.6. The van der Waals surface area contributed by atoms with Gasteiger partial charge in [-0.05, 0) is 44.9 Å². The van der Waals surface area contributed by atoms with E-state index in [2.05, 4.69) is 31.3 Å². The van der Waals surface area contributed by atoms with Gasteiger partial charge in [-0.15, -0.1) is 0 Å². The molecule has 0 rings (SSSR count). The second-order valence-corrected chi connectivity index (χ2v) is 15.0. The van der Waals surface area contributed by atoms with Gasteiger partial charge in [0.05, 0.1) is 31.3 Å². The van der Waals surface area contributed by atoms with Crippen molar-refractivity contribution in [3.8, 4) is 0 Å². The molecule has 0 aliphatic rings. The van der Waals surface area contributed by atoms with Crippen molar-refractivity contribution in [3.05, 3.63) is 24.3 Å². The van der Waals surface area contributed by atoms with Crippen LogP contribution in [0, 0.1) is 0 Å². The van der Waals surface area contributed by atoms with E-state index in [1.165, 1.54) is 173 Å². The summed E-state index contributed by atoms with van der Waals surface area (Å²) < 4.78 is 0. The molecule has 4 N–H and O–H groups in total. The zero-order chi connectivity index (χ0) is 35.9. The Bertz CT molecular complexity index is 724. The summed E-state index contributed by atoms with van der Waals surface area (Å²) in [5.41, 5.74) is 0. The normalized spacial score (nSPS) is 13.8. The lowest BCUT2D eigenvalue weighted by Gasteiger charge is -2.21. The number of nitrogens with one attached hydrogen (secondary N) is 1. The topological polar surface area (TPSA) is 89.8 Å². The lowest BCUT2D eigenvalue weighted by molar-refractivity contribution is -0.124. The highest BCUT2D eigenvalue weighted by Gasteiger charge is 2.20. The maximum absolute atomic E-state index is 12.4. The molecule has 1 amide bonds. The van der Waals surface area contributed by atoms with Crippen LogP contribution in [-0.2, 0) is 4.79 Å². The monoisotopic (exact) mass is 692 g/mol. The van der Waals surface area contributed by atoms with Crippen LogP contribution in [0.5, 0.6) is 0 Å². The molecule has 0 aromatic carbocycles. The summed E-state index contributed by atoms with van der Waals surface area (Å²) in [6.45, 7) is 4.19. The highest BCUT2D eigenvalue weighted by molar-refractivity contribution is 5.76. The number of carbonyl (C=O) groups is 1. The van der Waals surface area contributed by atoms with Gasteiger partial charge >= 0.3 is 0 Å². The Morgan fingerprint density at radius 2 is 0.857 bits per heavy atom. The number of aliphatic hydroxyl groups is 3. The molecule has 0 aliphatic heterocycles. The van der Waals surface area contributed by atoms with Crippen molar-refractivity contribution in [3.63, 3.8) is 0 Å². The van der Waals surface area contributed by atoms with E-state index in [1.807, 2.05) is 6.08 Å². The summed E-state index contributed by atoms with van der Waals surface area (Å²) in [7, 11) is 0. The molecule has 49 heavy (non-hydrogen) atoms. The Hall–Kier alpha value is -1.17. The zero-order valence-corrected chi connectivity index (χ0v) is 32.8. The fourth-order valence-electron chi connectivity index (χ4n) is 6.63. The lowest BCUT2D eigenvalue weighted by atomic mass is 10.0. The fourth-order valence-corrected chi connectivity index (χ4v) is 6.63. The molecule has 5 nitrogen and oxygen atoms in total. The quantitative estimate of drug-likeness (QED) is 0.0381. The van der Waals surface area contributed by atoms with E-state index in [4.69, 9.17) is 0 Å². The largest absolute Gasteiger partial charge is 0.394 e. The molecular weight excluding hydrogens is 606 g/mol. The third-order valence-corrected chi connectivity index (χ3v) is 9.98.